The maximum Gasteiger partial charge on any atom is 0.277 e. The summed E-state index contributed by atoms with van der Waals surface area (Å²) in [6.45, 7) is 5.20. The Kier molecular flexibility index (Phi) is 6.08. The van der Waals surface area contributed by atoms with Gasteiger partial charge in [-0.25, -0.2) is 4.39 Å². The molecule has 0 atom stereocenters. The zero-order chi connectivity index (χ0) is 19.4. The van der Waals surface area contributed by atoms with Crippen molar-refractivity contribution in [3.8, 4) is 11.5 Å². The number of thioether (sulfide) groups is 1. The zero-order valence-electron chi connectivity index (χ0n) is 15.4. The molecule has 27 heavy (non-hydrogen) atoms. The Morgan fingerprint density at radius 2 is 2.00 bits per heavy atom. The van der Waals surface area contributed by atoms with Gasteiger partial charge in [-0.3, -0.25) is 4.79 Å². The molecule has 0 saturated heterocycles. The largest absolute Gasteiger partial charge is 0.411 e. The van der Waals surface area contributed by atoms with Gasteiger partial charge in [0.2, 0.25) is 5.89 Å². The van der Waals surface area contributed by atoms with Crippen molar-refractivity contribution in [1.29, 1.82) is 0 Å². The highest BCUT2D eigenvalue weighted by Gasteiger charge is 2.17. The van der Waals surface area contributed by atoms with E-state index in [2.05, 4.69) is 14.8 Å². The summed E-state index contributed by atoms with van der Waals surface area (Å²) >= 11 is 1.19. The van der Waals surface area contributed by atoms with Crippen molar-refractivity contribution >= 4 is 17.5 Å². The van der Waals surface area contributed by atoms with Crippen LogP contribution >= 0.6 is 11.8 Å². The van der Waals surface area contributed by atoms with Crippen LogP contribution in [0.1, 0.15) is 21.7 Å². The third-order valence-electron chi connectivity index (χ3n) is 4.22. The molecule has 8 heteroatoms. The molecule has 2 aromatic heterocycles. The fraction of sp³-hybridized carbons (Fsp3) is 0.316. The van der Waals surface area contributed by atoms with Crippen LogP contribution in [-0.4, -0.2) is 40.0 Å². The van der Waals surface area contributed by atoms with Crippen LogP contribution in [0.3, 0.4) is 0 Å². The summed E-state index contributed by atoms with van der Waals surface area (Å²) in [7, 11) is 1.65. The van der Waals surface area contributed by atoms with Gasteiger partial charge in [0.1, 0.15) is 5.82 Å². The summed E-state index contributed by atoms with van der Waals surface area (Å²) in [6.07, 6.45) is 0. The van der Waals surface area contributed by atoms with E-state index in [1.54, 1.807) is 19.2 Å². The second-order valence-electron chi connectivity index (χ2n) is 6.02. The van der Waals surface area contributed by atoms with E-state index in [4.69, 9.17) is 9.15 Å². The van der Waals surface area contributed by atoms with Gasteiger partial charge in [-0.15, -0.1) is 10.2 Å². The number of halogens is 1. The van der Waals surface area contributed by atoms with Gasteiger partial charge in [0.15, 0.2) is 5.78 Å². The van der Waals surface area contributed by atoms with Crippen molar-refractivity contribution in [1.82, 2.24) is 14.8 Å². The van der Waals surface area contributed by atoms with Crippen molar-refractivity contribution in [3.63, 3.8) is 0 Å². The molecule has 3 rings (SSSR count). The minimum Gasteiger partial charge on any atom is -0.411 e. The molecule has 0 saturated carbocycles. The summed E-state index contributed by atoms with van der Waals surface area (Å²) in [5.41, 5.74) is 3.26. The predicted octanol–water partition coefficient (Wildman–Crippen LogP) is 3.92. The summed E-state index contributed by atoms with van der Waals surface area (Å²) in [5.74, 6) is 0.155. The van der Waals surface area contributed by atoms with Crippen LogP contribution in [0.2, 0.25) is 0 Å². The molecule has 0 N–H and O–H groups in total. The number of hydrogen-bond acceptors (Lipinski definition) is 6. The van der Waals surface area contributed by atoms with E-state index in [1.165, 1.54) is 23.9 Å². The number of aryl methyl sites for hydroxylation is 1. The Morgan fingerprint density at radius 1 is 1.26 bits per heavy atom. The molecular weight excluding hydrogens is 369 g/mol. The fourth-order valence-electron chi connectivity index (χ4n) is 2.79. The number of carbonyl (C=O) groups is 1. The topological polar surface area (TPSA) is 70.2 Å². The Hall–Kier alpha value is -2.45. The first-order valence-electron chi connectivity index (χ1n) is 8.40. The summed E-state index contributed by atoms with van der Waals surface area (Å²) < 4.78 is 25.7. The molecule has 0 aliphatic heterocycles. The van der Waals surface area contributed by atoms with Gasteiger partial charge in [-0.05, 0) is 44.2 Å². The first-order chi connectivity index (χ1) is 13.0. The Balaban J connectivity index is 1.65. The van der Waals surface area contributed by atoms with Crippen LogP contribution < -0.4 is 0 Å². The lowest BCUT2D eigenvalue weighted by atomic mass is 10.2. The third kappa shape index (κ3) is 4.45. The molecule has 6 nitrogen and oxygen atoms in total. The van der Waals surface area contributed by atoms with Crippen LogP contribution in [0, 0.1) is 19.7 Å². The minimum atomic E-state index is -0.332. The van der Waals surface area contributed by atoms with Crippen LogP contribution in [0.15, 0.2) is 40.0 Å². The van der Waals surface area contributed by atoms with Gasteiger partial charge in [-0.1, -0.05) is 11.8 Å². The molecule has 0 unspecified atom stereocenters. The zero-order valence-corrected chi connectivity index (χ0v) is 16.2. The van der Waals surface area contributed by atoms with Crippen LogP contribution in [0.25, 0.3) is 11.5 Å². The number of hydrogen-bond donors (Lipinski definition) is 0. The van der Waals surface area contributed by atoms with Crippen molar-refractivity contribution < 1.29 is 18.3 Å². The molecule has 2 heterocycles. The average molecular weight is 389 g/mol. The lowest BCUT2D eigenvalue weighted by Gasteiger charge is -2.08. The summed E-state index contributed by atoms with van der Waals surface area (Å²) in [4.78, 5) is 12.6. The lowest BCUT2D eigenvalue weighted by molar-refractivity contribution is 0.102. The number of benzene rings is 1. The van der Waals surface area contributed by atoms with E-state index >= 15 is 0 Å². The van der Waals surface area contributed by atoms with Crippen molar-refractivity contribution in [3.05, 3.63) is 53.1 Å². The van der Waals surface area contributed by atoms with E-state index in [0.717, 1.165) is 11.4 Å². The molecular formula is C19H20FN3O3S. The molecule has 0 fully saturated rings. The Morgan fingerprint density at radius 3 is 2.70 bits per heavy atom. The second-order valence-corrected chi connectivity index (χ2v) is 6.95. The smallest absolute Gasteiger partial charge is 0.277 e. The highest BCUT2D eigenvalue weighted by atomic mass is 32.2. The molecule has 0 bridgehead atoms. The van der Waals surface area contributed by atoms with E-state index in [-0.39, 0.29) is 17.4 Å². The molecule has 3 aromatic rings. The standard InChI is InChI=1S/C19H20FN3O3S/c1-12-10-16(13(2)23(12)8-9-25-3)17(24)11-27-19-22-21-18(26-19)14-4-6-15(20)7-5-14/h4-7,10H,8-9,11H2,1-3H3. The molecule has 0 aliphatic carbocycles. The number of nitrogens with zero attached hydrogens (tertiary/aromatic N) is 3. The molecule has 0 radical (unpaired) electrons. The average Bonchev–Trinajstić information content (AvgIpc) is 3.24. The van der Waals surface area contributed by atoms with Gasteiger partial charge in [-0.2, -0.15) is 0 Å². The van der Waals surface area contributed by atoms with Crippen LogP contribution in [0.5, 0.6) is 0 Å². The Labute approximate surface area is 160 Å². The number of Topliss-reactive ketones (excluding diaryl/α,β-unsaturated/α-hetero) is 1. The number of aromatic nitrogens is 3. The number of ketones is 1. The SMILES string of the molecule is COCCn1c(C)cc(C(=O)CSc2nnc(-c3ccc(F)cc3)o2)c1C. The van der Waals surface area contributed by atoms with Gasteiger partial charge in [0.05, 0.1) is 12.4 Å². The van der Waals surface area contributed by atoms with Crippen LogP contribution in [0.4, 0.5) is 4.39 Å². The van der Waals surface area contributed by atoms with Crippen molar-refractivity contribution in [2.45, 2.75) is 25.6 Å². The van der Waals surface area contributed by atoms with Gasteiger partial charge in [0, 0.05) is 36.2 Å². The molecule has 0 aliphatic rings. The van der Waals surface area contributed by atoms with Crippen LogP contribution in [-0.2, 0) is 11.3 Å². The number of rotatable bonds is 8. The van der Waals surface area contributed by atoms with E-state index in [1.807, 2.05) is 19.9 Å². The van der Waals surface area contributed by atoms with Crippen molar-refractivity contribution in [2.24, 2.45) is 0 Å². The van der Waals surface area contributed by atoms with E-state index in [0.29, 0.717) is 35.4 Å². The van der Waals surface area contributed by atoms with E-state index in [9.17, 15) is 9.18 Å². The second kappa shape index (κ2) is 8.49. The lowest BCUT2D eigenvalue weighted by Crippen LogP contribution is -2.09. The minimum absolute atomic E-state index is 0.00157. The quantitative estimate of drug-likeness (QED) is 0.430. The van der Waals surface area contributed by atoms with Gasteiger partial charge >= 0.3 is 0 Å². The van der Waals surface area contributed by atoms with Gasteiger partial charge < -0.3 is 13.7 Å². The number of methoxy groups -OCH3 is 1. The highest BCUT2D eigenvalue weighted by Crippen LogP contribution is 2.25. The highest BCUT2D eigenvalue weighted by molar-refractivity contribution is 7.99. The molecule has 0 spiro atoms. The van der Waals surface area contributed by atoms with Gasteiger partial charge in [0.25, 0.3) is 5.22 Å². The summed E-state index contributed by atoms with van der Waals surface area (Å²) in [6, 6.07) is 7.69. The Bertz CT molecular complexity index is 934. The number of ether oxygens (including phenoxy) is 1. The number of carbonyl (C=O) groups excluding carboxylic acids is 1. The first-order valence-corrected chi connectivity index (χ1v) is 9.39. The van der Waals surface area contributed by atoms with Crippen molar-refractivity contribution in [2.75, 3.05) is 19.5 Å². The molecule has 0 amide bonds. The predicted molar refractivity (Wildman–Crippen MR) is 101 cm³/mol. The third-order valence-corrected chi connectivity index (χ3v) is 5.04. The monoisotopic (exact) mass is 389 g/mol. The maximum absolute atomic E-state index is 13.0. The fourth-order valence-corrected chi connectivity index (χ4v) is 3.44. The normalized spacial score (nSPS) is 11.1. The van der Waals surface area contributed by atoms with E-state index < -0.39 is 0 Å². The summed E-state index contributed by atoms with van der Waals surface area (Å²) in [5, 5.41) is 8.19. The molecule has 1 aromatic carbocycles. The molecule has 142 valence electrons. The first kappa shape index (κ1) is 19.3. The maximum atomic E-state index is 13.0.